The van der Waals surface area contributed by atoms with E-state index < -0.39 is 30.1 Å². The number of nitrogens with two attached hydrogens (primary N) is 1. The molecular weight excluding hydrogens is 354 g/mol. The molecule has 10 nitrogen and oxygen atoms in total. The SMILES string of the molecule is CCC(C(C)NC(=N)N)[C@@H](NC(C)=O)[C@H]1CC[C@H](C(=O)O)[C@H]1OC(=O)NC. The number of nitrogens with one attached hydrogen (secondary N) is 4. The van der Waals surface area contributed by atoms with Gasteiger partial charge in [0.05, 0.1) is 5.92 Å². The molecule has 0 heterocycles. The van der Waals surface area contributed by atoms with Gasteiger partial charge in [0.15, 0.2) is 5.96 Å². The highest BCUT2D eigenvalue weighted by molar-refractivity contribution is 5.75. The first kappa shape index (κ1) is 22.5. The molecule has 0 bridgehead atoms. The Morgan fingerprint density at radius 1 is 1.30 bits per heavy atom. The number of ether oxygens (including phenoxy) is 1. The summed E-state index contributed by atoms with van der Waals surface area (Å²) in [6, 6.07) is -0.678. The van der Waals surface area contributed by atoms with Gasteiger partial charge in [-0.05, 0) is 32.1 Å². The molecule has 2 amide bonds. The standard InChI is InChI=1S/C17H31N5O5/c1-5-10(8(2)21-16(18)19)13(22-9(3)23)11-6-7-12(15(24)25)14(11)27-17(26)20-4/h8,10-14H,5-7H2,1-4H3,(H,20,26)(H,22,23)(H,24,25)(H4,18,19,21)/t8?,10?,11-,12+,13-,14+/m1/s1. The molecule has 0 aromatic heterocycles. The third-order valence-corrected chi connectivity index (χ3v) is 5.18. The summed E-state index contributed by atoms with van der Waals surface area (Å²) in [6.07, 6.45) is -0.0799. The summed E-state index contributed by atoms with van der Waals surface area (Å²) in [6.45, 7) is 5.18. The number of alkyl carbamates (subject to hydrolysis) is 1. The predicted octanol–water partition coefficient (Wildman–Crippen LogP) is 0.224. The first-order valence-corrected chi connectivity index (χ1v) is 9.11. The summed E-state index contributed by atoms with van der Waals surface area (Å²) in [5.41, 5.74) is 5.44. The van der Waals surface area contributed by atoms with Crippen LogP contribution >= 0.6 is 0 Å². The van der Waals surface area contributed by atoms with Crippen LogP contribution in [0, 0.1) is 23.2 Å². The fraction of sp³-hybridized carbons (Fsp3) is 0.765. The molecule has 0 aromatic rings. The number of carbonyl (C=O) groups excluding carboxylic acids is 2. The Labute approximate surface area is 159 Å². The maximum Gasteiger partial charge on any atom is 0.407 e. The van der Waals surface area contributed by atoms with Gasteiger partial charge in [0.25, 0.3) is 0 Å². The molecule has 154 valence electrons. The zero-order chi connectivity index (χ0) is 20.7. The van der Waals surface area contributed by atoms with Crippen molar-refractivity contribution in [1.82, 2.24) is 16.0 Å². The fourth-order valence-corrected chi connectivity index (χ4v) is 4.04. The number of aliphatic carboxylic acids is 1. The van der Waals surface area contributed by atoms with E-state index >= 15 is 0 Å². The number of hydrogen-bond donors (Lipinski definition) is 6. The molecule has 0 spiro atoms. The van der Waals surface area contributed by atoms with E-state index in [1.165, 1.54) is 14.0 Å². The summed E-state index contributed by atoms with van der Waals surface area (Å²) in [7, 11) is 1.40. The molecule has 6 atom stereocenters. The number of amides is 2. The lowest BCUT2D eigenvalue weighted by atomic mass is 9.79. The lowest BCUT2D eigenvalue weighted by Gasteiger charge is -2.38. The number of carboxylic acids is 1. The lowest BCUT2D eigenvalue weighted by molar-refractivity contribution is -0.145. The Bertz CT molecular complexity index is 570. The van der Waals surface area contributed by atoms with Crippen molar-refractivity contribution < 1.29 is 24.2 Å². The second kappa shape index (κ2) is 9.98. The quantitative estimate of drug-likeness (QED) is 0.257. The van der Waals surface area contributed by atoms with Gasteiger partial charge in [-0.2, -0.15) is 0 Å². The van der Waals surface area contributed by atoms with Crippen molar-refractivity contribution in [2.45, 2.75) is 58.2 Å². The summed E-state index contributed by atoms with van der Waals surface area (Å²) < 4.78 is 5.40. The minimum Gasteiger partial charge on any atom is -0.481 e. The van der Waals surface area contributed by atoms with Crippen molar-refractivity contribution in [2.75, 3.05) is 7.05 Å². The molecule has 0 aliphatic heterocycles. The molecule has 1 aliphatic rings. The van der Waals surface area contributed by atoms with E-state index in [1.54, 1.807) is 0 Å². The number of carboxylic acid groups (broad SMARTS) is 1. The summed E-state index contributed by atoms with van der Waals surface area (Å²) >= 11 is 0. The topological polar surface area (TPSA) is 167 Å². The summed E-state index contributed by atoms with van der Waals surface area (Å²) in [5, 5.41) is 25.1. The molecule has 2 unspecified atom stereocenters. The third-order valence-electron chi connectivity index (χ3n) is 5.18. The van der Waals surface area contributed by atoms with E-state index in [-0.39, 0.29) is 29.7 Å². The smallest absolute Gasteiger partial charge is 0.407 e. The molecule has 0 aromatic carbocycles. The van der Waals surface area contributed by atoms with Crippen molar-refractivity contribution >= 4 is 23.9 Å². The summed E-state index contributed by atoms with van der Waals surface area (Å²) in [4.78, 5) is 35.3. The van der Waals surface area contributed by atoms with Crippen LogP contribution in [0.1, 0.15) is 40.0 Å². The highest BCUT2D eigenvalue weighted by Crippen LogP contribution is 2.39. The van der Waals surface area contributed by atoms with Crippen LogP contribution in [-0.2, 0) is 14.3 Å². The number of hydrogen-bond acceptors (Lipinski definition) is 5. The van der Waals surface area contributed by atoms with Gasteiger partial charge in [-0.15, -0.1) is 0 Å². The second-order valence-electron chi connectivity index (χ2n) is 6.95. The average Bonchev–Trinajstić information content (AvgIpc) is 2.96. The molecule has 0 saturated heterocycles. The Morgan fingerprint density at radius 3 is 2.37 bits per heavy atom. The molecule has 0 radical (unpaired) electrons. The van der Waals surface area contributed by atoms with Crippen LogP contribution in [0.25, 0.3) is 0 Å². The number of rotatable bonds is 8. The van der Waals surface area contributed by atoms with E-state index in [0.29, 0.717) is 19.3 Å². The molecule has 10 heteroatoms. The Hall–Kier alpha value is -2.52. The molecular formula is C17H31N5O5. The monoisotopic (exact) mass is 385 g/mol. The Balaban J connectivity index is 3.20. The maximum absolute atomic E-state index is 11.8. The van der Waals surface area contributed by atoms with Crippen LogP contribution in [-0.4, -0.2) is 54.3 Å². The fourth-order valence-electron chi connectivity index (χ4n) is 4.04. The van der Waals surface area contributed by atoms with Gasteiger partial charge in [0, 0.05) is 32.0 Å². The van der Waals surface area contributed by atoms with Gasteiger partial charge in [-0.25, -0.2) is 4.79 Å². The van der Waals surface area contributed by atoms with Crippen molar-refractivity contribution in [1.29, 1.82) is 5.41 Å². The van der Waals surface area contributed by atoms with E-state index in [9.17, 15) is 19.5 Å². The van der Waals surface area contributed by atoms with Gasteiger partial charge in [0.2, 0.25) is 5.91 Å². The molecule has 1 saturated carbocycles. The first-order chi connectivity index (χ1) is 12.6. The molecule has 27 heavy (non-hydrogen) atoms. The molecule has 7 N–H and O–H groups in total. The van der Waals surface area contributed by atoms with Crippen LogP contribution < -0.4 is 21.7 Å². The van der Waals surface area contributed by atoms with Crippen LogP contribution in [0.5, 0.6) is 0 Å². The van der Waals surface area contributed by atoms with E-state index in [4.69, 9.17) is 15.9 Å². The van der Waals surface area contributed by atoms with E-state index in [0.717, 1.165) is 0 Å². The van der Waals surface area contributed by atoms with E-state index in [2.05, 4.69) is 16.0 Å². The minimum atomic E-state index is -1.03. The van der Waals surface area contributed by atoms with Crippen LogP contribution in [0.3, 0.4) is 0 Å². The van der Waals surface area contributed by atoms with Crippen LogP contribution in [0.4, 0.5) is 4.79 Å². The highest BCUT2D eigenvalue weighted by atomic mass is 16.6. The lowest BCUT2D eigenvalue weighted by Crippen LogP contribution is -2.55. The zero-order valence-corrected chi connectivity index (χ0v) is 16.2. The van der Waals surface area contributed by atoms with Crippen molar-refractivity contribution in [3.8, 4) is 0 Å². The second-order valence-corrected chi connectivity index (χ2v) is 6.95. The largest absolute Gasteiger partial charge is 0.481 e. The van der Waals surface area contributed by atoms with Gasteiger partial charge in [-0.1, -0.05) is 6.92 Å². The molecule has 1 aliphatic carbocycles. The van der Waals surface area contributed by atoms with Crippen LogP contribution in [0.2, 0.25) is 0 Å². The van der Waals surface area contributed by atoms with Crippen molar-refractivity contribution in [2.24, 2.45) is 23.5 Å². The predicted molar refractivity (Wildman–Crippen MR) is 99.1 cm³/mol. The molecule has 1 fully saturated rings. The Morgan fingerprint density at radius 2 is 1.93 bits per heavy atom. The van der Waals surface area contributed by atoms with Gasteiger partial charge < -0.3 is 31.5 Å². The van der Waals surface area contributed by atoms with Gasteiger partial charge in [-0.3, -0.25) is 15.0 Å². The van der Waals surface area contributed by atoms with Gasteiger partial charge in [0.1, 0.15) is 6.10 Å². The molecule has 1 rings (SSSR count). The number of carbonyl (C=O) groups is 3. The van der Waals surface area contributed by atoms with E-state index in [1.807, 2.05) is 13.8 Å². The van der Waals surface area contributed by atoms with Crippen molar-refractivity contribution in [3.05, 3.63) is 0 Å². The zero-order valence-electron chi connectivity index (χ0n) is 16.2. The normalized spacial score (nSPS) is 25.0. The minimum absolute atomic E-state index is 0.147. The number of guanidine groups is 1. The van der Waals surface area contributed by atoms with Crippen molar-refractivity contribution in [3.63, 3.8) is 0 Å². The highest BCUT2D eigenvalue weighted by Gasteiger charge is 2.48. The third kappa shape index (κ3) is 6.00. The summed E-state index contributed by atoms with van der Waals surface area (Å²) in [5.74, 6) is -2.82. The maximum atomic E-state index is 11.8. The van der Waals surface area contributed by atoms with Gasteiger partial charge >= 0.3 is 12.1 Å². The average molecular weight is 385 g/mol. The first-order valence-electron chi connectivity index (χ1n) is 9.11. The Kier molecular flexibility index (Phi) is 8.32. The van der Waals surface area contributed by atoms with Crippen LogP contribution in [0.15, 0.2) is 0 Å².